The van der Waals surface area contributed by atoms with Gasteiger partial charge in [-0.25, -0.2) is 0 Å². The molecule has 13 heavy (non-hydrogen) atoms. The van der Waals surface area contributed by atoms with Crippen LogP contribution in [0.1, 0.15) is 6.99 Å². The summed E-state index contributed by atoms with van der Waals surface area (Å²) in [7, 11) is 0. The summed E-state index contributed by atoms with van der Waals surface area (Å²) in [6, 6.07) is 7.60. The second kappa shape index (κ2) is 12.5. The normalized spacial score (nSPS) is 6.54. The van der Waals surface area contributed by atoms with E-state index in [-0.39, 0.29) is 59.7 Å². The van der Waals surface area contributed by atoms with Gasteiger partial charge < -0.3 is 48.7 Å². The predicted molar refractivity (Wildman–Crippen MR) is 39.9 cm³/mol. The molecule has 0 atom stereocenters. The first-order chi connectivity index (χ1) is 4.34. The van der Waals surface area contributed by atoms with Gasteiger partial charge in [0, 0.05) is 12.2 Å². The van der Waals surface area contributed by atoms with Gasteiger partial charge in [0.25, 0.3) is 0 Å². The molecule has 0 saturated heterocycles. The van der Waals surface area contributed by atoms with Crippen LogP contribution in [0, 0.1) is 0 Å². The Bertz CT molecular complexity index is 216. The van der Waals surface area contributed by atoms with E-state index in [1.54, 1.807) is 0 Å². The van der Waals surface area contributed by atoms with Crippen molar-refractivity contribution in [2.24, 2.45) is 5.73 Å². The fourth-order valence-corrected chi connectivity index (χ4v) is 0.720. The van der Waals surface area contributed by atoms with Crippen LogP contribution in [0.25, 0.3) is 0 Å². The van der Waals surface area contributed by atoms with Crippen molar-refractivity contribution in [3.63, 3.8) is 0 Å². The largest absolute Gasteiger partial charge is 2.00 e. The zero-order valence-electron chi connectivity index (χ0n) is 7.62. The fraction of sp³-hybridized carbons (Fsp3) is 0.143. The molecule has 1 aromatic rings. The Balaban J connectivity index is -0.0000000540. The van der Waals surface area contributed by atoms with Gasteiger partial charge in [-0.1, -0.05) is 18.2 Å². The first-order valence-corrected chi connectivity index (χ1v) is 2.88. The second-order valence-corrected chi connectivity index (χ2v) is 1.90. The van der Waals surface area contributed by atoms with Crippen molar-refractivity contribution < 1.29 is 59.7 Å². The standard InChI is InChI=1S/C7H10N2.3ClH.Pt/c8-5-6-3-1-2-4-7(6)9;;;;/h1-4H,5,8-9H2;3*1H;/q;;;;+2/p-2. The van der Waals surface area contributed by atoms with E-state index < -0.39 is 0 Å². The smallest absolute Gasteiger partial charge is 1.00 e. The van der Waals surface area contributed by atoms with Crippen LogP contribution < -0.4 is 48.7 Å². The third-order valence-electron chi connectivity index (χ3n) is 1.28. The summed E-state index contributed by atoms with van der Waals surface area (Å²) >= 11 is 0. The Morgan fingerprint density at radius 3 is 1.85 bits per heavy atom. The van der Waals surface area contributed by atoms with Crippen LogP contribution in [0.3, 0.4) is 0 Å². The minimum absolute atomic E-state index is 0. The van der Waals surface area contributed by atoms with E-state index in [1.165, 1.54) is 0 Å². The van der Waals surface area contributed by atoms with Crippen molar-refractivity contribution in [3.8, 4) is 0 Å². The molecule has 0 unspecified atom stereocenters. The predicted octanol–water partition coefficient (Wildman–Crippen LogP) is -8.15. The number of anilines is 1. The van der Waals surface area contributed by atoms with Crippen molar-refractivity contribution in [1.82, 2.24) is 0 Å². The van der Waals surface area contributed by atoms with Gasteiger partial charge >= 0.3 is 22.5 Å². The Hall–Kier alpha value is 0.538. The van der Waals surface area contributed by atoms with Gasteiger partial charge in [0.2, 0.25) is 0 Å². The molecular formula is C7H11Cl3N2Pt. The van der Waals surface area contributed by atoms with E-state index >= 15 is 0 Å². The van der Waals surface area contributed by atoms with Gasteiger partial charge in [-0.15, -0.1) is 0 Å². The van der Waals surface area contributed by atoms with Crippen LogP contribution in [-0.2, 0) is 27.6 Å². The third-order valence-corrected chi connectivity index (χ3v) is 1.28. The molecular weight excluding hydrogens is 414 g/mol. The molecule has 0 aliphatic rings. The average molecular weight is 425 g/mol. The van der Waals surface area contributed by atoms with E-state index in [2.05, 4.69) is 0 Å². The quantitative estimate of drug-likeness (QED) is 0.440. The molecule has 0 spiro atoms. The minimum Gasteiger partial charge on any atom is -1.00 e. The number of rotatable bonds is 1. The summed E-state index contributed by atoms with van der Waals surface area (Å²) in [5.74, 6) is 0. The molecule has 6 heteroatoms. The molecule has 0 radical (unpaired) electrons. The van der Waals surface area contributed by atoms with Gasteiger partial charge in [0.15, 0.2) is 0 Å². The molecule has 0 bridgehead atoms. The van der Waals surface area contributed by atoms with Crippen molar-refractivity contribution in [2.45, 2.75) is 6.54 Å². The molecule has 0 aromatic heterocycles. The minimum atomic E-state index is 0. The number of hydrogen-bond donors (Lipinski definition) is 2. The summed E-state index contributed by atoms with van der Waals surface area (Å²) in [6.07, 6.45) is 0. The summed E-state index contributed by atoms with van der Waals surface area (Å²) in [5, 5.41) is 0. The molecule has 0 saturated carbocycles. The number of nitrogens with two attached hydrogens (primary N) is 2. The van der Waals surface area contributed by atoms with Crippen molar-refractivity contribution in [3.05, 3.63) is 29.8 Å². The number of para-hydroxylation sites is 1. The molecule has 4 N–H and O–H groups in total. The van der Waals surface area contributed by atoms with Crippen LogP contribution in [0.5, 0.6) is 0 Å². The fourth-order valence-electron chi connectivity index (χ4n) is 0.720. The number of benzene rings is 1. The van der Waals surface area contributed by atoms with Gasteiger partial charge in [-0.05, 0) is 11.6 Å². The Morgan fingerprint density at radius 1 is 1.08 bits per heavy atom. The zero-order valence-corrected chi connectivity index (χ0v) is 11.2. The summed E-state index contributed by atoms with van der Waals surface area (Å²) in [5.41, 5.74) is 12.7. The van der Waals surface area contributed by atoms with Crippen LogP contribution >= 0.6 is 0 Å². The first kappa shape index (κ1) is 23.4. The van der Waals surface area contributed by atoms with Gasteiger partial charge in [-0.2, -0.15) is 0 Å². The van der Waals surface area contributed by atoms with Gasteiger partial charge in [0.05, 0.1) is 0 Å². The Labute approximate surface area is 113 Å². The molecule has 2 nitrogen and oxygen atoms in total. The first-order valence-electron chi connectivity index (χ1n) is 2.88. The molecule has 0 amide bonds. The maximum Gasteiger partial charge on any atom is 2.00 e. The average Bonchev–Trinajstić information content (AvgIpc) is 1.89. The second-order valence-electron chi connectivity index (χ2n) is 1.90. The van der Waals surface area contributed by atoms with Crippen LogP contribution in [0.4, 0.5) is 5.69 Å². The zero-order chi connectivity index (χ0) is 6.69. The van der Waals surface area contributed by atoms with Crippen molar-refractivity contribution in [1.29, 1.82) is 0 Å². The molecule has 0 fully saturated rings. The molecule has 80 valence electrons. The SMILES string of the molecule is NCc1ccccc1N.[Cl-].[Cl-].[Cl-].[H+].[Pt+2]. The molecule has 0 aliphatic carbocycles. The van der Waals surface area contributed by atoms with Crippen LogP contribution in [-0.4, -0.2) is 0 Å². The maximum atomic E-state index is 5.55. The number of halogens is 3. The van der Waals surface area contributed by atoms with Crippen LogP contribution in [0.2, 0.25) is 0 Å². The molecule has 1 aromatic carbocycles. The molecule has 1 rings (SSSR count). The van der Waals surface area contributed by atoms with E-state index in [4.69, 9.17) is 11.5 Å². The molecule has 0 aliphatic heterocycles. The molecule has 0 heterocycles. The van der Waals surface area contributed by atoms with Gasteiger partial charge in [0.1, 0.15) is 0 Å². The summed E-state index contributed by atoms with van der Waals surface area (Å²) in [4.78, 5) is 0. The number of nitrogen functional groups attached to an aromatic ring is 1. The van der Waals surface area contributed by atoms with E-state index in [0.29, 0.717) is 6.54 Å². The van der Waals surface area contributed by atoms with E-state index in [9.17, 15) is 0 Å². The van der Waals surface area contributed by atoms with Gasteiger partial charge in [-0.3, -0.25) is 0 Å². The third kappa shape index (κ3) is 7.60. The number of hydrogen-bond acceptors (Lipinski definition) is 2. The summed E-state index contributed by atoms with van der Waals surface area (Å²) < 4.78 is 0. The Kier molecular flexibility index (Phi) is 22.6. The maximum absolute atomic E-state index is 5.55. The monoisotopic (exact) mass is 423 g/mol. The Morgan fingerprint density at radius 2 is 1.54 bits per heavy atom. The topological polar surface area (TPSA) is 52.0 Å². The van der Waals surface area contributed by atoms with Crippen molar-refractivity contribution in [2.75, 3.05) is 5.73 Å². The van der Waals surface area contributed by atoms with E-state index in [0.717, 1.165) is 11.3 Å². The van der Waals surface area contributed by atoms with Crippen molar-refractivity contribution >= 4 is 5.69 Å². The van der Waals surface area contributed by atoms with E-state index in [1.807, 2.05) is 24.3 Å². The van der Waals surface area contributed by atoms with Crippen LogP contribution in [0.15, 0.2) is 24.3 Å². The summed E-state index contributed by atoms with van der Waals surface area (Å²) in [6.45, 7) is 0.521.